The molecular weight excluding hydrogens is 320 g/mol. The molecule has 7 heteroatoms. The third-order valence-electron chi connectivity index (χ3n) is 4.33. The highest BCUT2D eigenvalue weighted by atomic mass is 35.5. The van der Waals surface area contributed by atoms with Crippen LogP contribution in [0.3, 0.4) is 0 Å². The average Bonchev–Trinajstić information content (AvgIpc) is 3.04. The van der Waals surface area contributed by atoms with Crippen LogP contribution >= 0.6 is 11.6 Å². The summed E-state index contributed by atoms with van der Waals surface area (Å²) < 4.78 is 5.41. The van der Waals surface area contributed by atoms with Gasteiger partial charge in [-0.1, -0.05) is 23.7 Å². The topological polar surface area (TPSA) is 78.9 Å². The summed E-state index contributed by atoms with van der Waals surface area (Å²) in [5, 5.41) is 12.9. The number of nitrogens with zero attached hydrogens (tertiary/aromatic N) is 1. The van der Waals surface area contributed by atoms with E-state index in [0.29, 0.717) is 37.5 Å². The van der Waals surface area contributed by atoms with E-state index in [9.17, 15) is 9.59 Å². The quantitative estimate of drug-likeness (QED) is 0.872. The smallest absolute Gasteiger partial charge is 0.332 e. The van der Waals surface area contributed by atoms with Gasteiger partial charge in [-0.25, -0.2) is 4.79 Å². The Morgan fingerprint density at radius 1 is 1.30 bits per heavy atom. The molecule has 0 aliphatic carbocycles. The van der Waals surface area contributed by atoms with E-state index in [4.69, 9.17) is 21.4 Å². The predicted octanol–water partition coefficient (Wildman–Crippen LogP) is 1.45. The van der Waals surface area contributed by atoms with E-state index in [2.05, 4.69) is 5.32 Å². The van der Waals surface area contributed by atoms with Crippen molar-refractivity contribution >= 4 is 23.5 Å². The van der Waals surface area contributed by atoms with Crippen LogP contribution in [0.5, 0.6) is 0 Å². The second-order valence-corrected chi connectivity index (χ2v) is 6.27. The lowest BCUT2D eigenvalue weighted by Crippen LogP contribution is -2.51. The first-order valence-corrected chi connectivity index (χ1v) is 8.09. The molecule has 0 spiro atoms. The Morgan fingerprint density at radius 3 is 2.78 bits per heavy atom. The molecule has 2 saturated heterocycles. The minimum Gasteiger partial charge on any atom is -0.479 e. The third kappa shape index (κ3) is 3.49. The molecule has 0 radical (unpaired) electrons. The molecule has 124 valence electrons. The van der Waals surface area contributed by atoms with Gasteiger partial charge in [0.15, 0.2) is 6.10 Å². The number of carboxylic acids is 1. The molecule has 0 saturated carbocycles. The fourth-order valence-electron chi connectivity index (χ4n) is 3.17. The van der Waals surface area contributed by atoms with Crippen LogP contribution in [-0.4, -0.2) is 53.7 Å². The molecule has 3 rings (SSSR count). The first-order chi connectivity index (χ1) is 11.1. The van der Waals surface area contributed by atoms with Gasteiger partial charge >= 0.3 is 5.97 Å². The lowest BCUT2D eigenvalue weighted by molar-refractivity contribution is -0.156. The number of carbonyl (C=O) groups excluding carboxylic acids is 1. The van der Waals surface area contributed by atoms with Crippen molar-refractivity contribution in [3.63, 3.8) is 0 Å². The molecule has 1 unspecified atom stereocenters. The molecular formula is C16H19ClN2O4. The predicted molar refractivity (Wildman–Crippen MR) is 84.3 cm³/mol. The molecule has 2 fully saturated rings. The van der Waals surface area contributed by atoms with Crippen LogP contribution in [0.2, 0.25) is 5.02 Å². The van der Waals surface area contributed by atoms with E-state index in [1.165, 1.54) is 0 Å². The van der Waals surface area contributed by atoms with E-state index in [-0.39, 0.29) is 11.9 Å². The number of amides is 1. The Kier molecular flexibility index (Phi) is 4.84. The van der Waals surface area contributed by atoms with E-state index >= 15 is 0 Å². The van der Waals surface area contributed by atoms with Crippen LogP contribution in [0, 0.1) is 0 Å². The summed E-state index contributed by atoms with van der Waals surface area (Å²) in [7, 11) is 0. The molecule has 23 heavy (non-hydrogen) atoms. The summed E-state index contributed by atoms with van der Waals surface area (Å²) in [4.78, 5) is 25.6. The largest absolute Gasteiger partial charge is 0.479 e. The number of hydrogen-bond donors (Lipinski definition) is 2. The molecule has 1 aromatic rings. The number of aliphatic carboxylic acids is 1. The van der Waals surface area contributed by atoms with E-state index < -0.39 is 18.2 Å². The van der Waals surface area contributed by atoms with Gasteiger partial charge in [0, 0.05) is 24.7 Å². The van der Waals surface area contributed by atoms with Crippen molar-refractivity contribution in [2.24, 2.45) is 0 Å². The monoisotopic (exact) mass is 338 g/mol. The maximum atomic E-state index is 12.8. The Morgan fingerprint density at radius 2 is 2.09 bits per heavy atom. The highest BCUT2D eigenvalue weighted by molar-refractivity contribution is 6.30. The van der Waals surface area contributed by atoms with Crippen molar-refractivity contribution in [2.75, 3.05) is 19.6 Å². The van der Waals surface area contributed by atoms with Gasteiger partial charge in [0.1, 0.15) is 6.10 Å². The van der Waals surface area contributed by atoms with Crippen LogP contribution in [-0.2, 0) is 14.3 Å². The Bertz CT molecular complexity index is 609. The van der Waals surface area contributed by atoms with Crippen molar-refractivity contribution in [3.05, 3.63) is 34.9 Å². The first-order valence-electron chi connectivity index (χ1n) is 7.71. The maximum absolute atomic E-state index is 12.8. The average molecular weight is 339 g/mol. The number of ether oxygens (including phenoxy) is 1. The normalized spacial score (nSPS) is 27.9. The Labute approximate surface area is 139 Å². The van der Waals surface area contributed by atoms with Gasteiger partial charge in [0.2, 0.25) is 0 Å². The van der Waals surface area contributed by atoms with Gasteiger partial charge in [-0.3, -0.25) is 4.79 Å². The number of piperazine rings is 1. The van der Waals surface area contributed by atoms with Gasteiger partial charge in [0.25, 0.3) is 5.91 Å². The van der Waals surface area contributed by atoms with E-state index in [0.717, 1.165) is 5.56 Å². The number of carboxylic acid groups (broad SMARTS) is 1. The van der Waals surface area contributed by atoms with Gasteiger partial charge < -0.3 is 20.1 Å². The fraction of sp³-hybridized carbons (Fsp3) is 0.500. The molecule has 2 aliphatic heterocycles. The van der Waals surface area contributed by atoms with E-state index in [1.807, 2.05) is 18.2 Å². The summed E-state index contributed by atoms with van der Waals surface area (Å²) in [6.07, 6.45) is -0.728. The van der Waals surface area contributed by atoms with Crippen LogP contribution in [0.15, 0.2) is 24.3 Å². The highest BCUT2D eigenvalue weighted by Gasteiger charge is 2.39. The molecule has 1 aromatic carbocycles. The van der Waals surface area contributed by atoms with Gasteiger partial charge in [0.05, 0.1) is 6.04 Å². The maximum Gasteiger partial charge on any atom is 0.332 e. The van der Waals surface area contributed by atoms with Crippen molar-refractivity contribution in [3.8, 4) is 0 Å². The molecule has 3 atom stereocenters. The van der Waals surface area contributed by atoms with Crippen LogP contribution in [0.4, 0.5) is 0 Å². The van der Waals surface area contributed by atoms with Gasteiger partial charge in [-0.2, -0.15) is 0 Å². The number of hydrogen-bond acceptors (Lipinski definition) is 4. The standard InChI is InChI=1S/C16H19ClN2O4/c17-11-3-1-2-10(8-11)12-9-18-6-7-19(12)15(20)13-4-5-14(23-13)16(21)22/h1-3,8,12-14,18H,4-7,9H2,(H,21,22)/t12?,13-,14+/m1/s1. The van der Waals surface area contributed by atoms with Gasteiger partial charge in [-0.15, -0.1) is 0 Å². The number of benzene rings is 1. The second kappa shape index (κ2) is 6.86. The summed E-state index contributed by atoms with van der Waals surface area (Å²) in [5.74, 6) is -1.15. The van der Waals surface area contributed by atoms with Crippen molar-refractivity contribution in [1.82, 2.24) is 10.2 Å². The lowest BCUT2D eigenvalue weighted by Gasteiger charge is -2.37. The number of nitrogens with one attached hydrogen (secondary N) is 1. The molecule has 6 nitrogen and oxygen atoms in total. The number of carbonyl (C=O) groups is 2. The summed E-state index contributed by atoms with van der Waals surface area (Å²) >= 11 is 6.06. The molecule has 2 heterocycles. The lowest BCUT2D eigenvalue weighted by atomic mass is 10.0. The van der Waals surface area contributed by atoms with Crippen molar-refractivity contribution in [2.45, 2.75) is 31.1 Å². The molecule has 1 amide bonds. The van der Waals surface area contributed by atoms with Crippen LogP contribution < -0.4 is 5.32 Å². The van der Waals surface area contributed by atoms with E-state index in [1.54, 1.807) is 11.0 Å². The molecule has 2 N–H and O–H groups in total. The summed E-state index contributed by atoms with van der Waals surface area (Å²) in [6, 6.07) is 7.34. The van der Waals surface area contributed by atoms with Gasteiger partial charge in [-0.05, 0) is 30.5 Å². The highest BCUT2D eigenvalue weighted by Crippen LogP contribution is 2.28. The zero-order chi connectivity index (χ0) is 16.4. The minimum atomic E-state index is -1.01. The molecule has 0 bridgehead atoms. The SMILES string of the molecule is O=C(O)[C@@H]1CC[C@H](C(=O)N2CCNCC2c2cccc(Cl)c2)O1. The zero-order valence-electron chi connectivity index (χ0n) is 12.6. The fourth-order valence-corrected chi connectivity index (χ4v) is 3.36. The second-order valence-electron chi connectivity index (χ2n) is 5.84. The Hall–Kier alpha value is -1.63. The number of rotatable bonds is 3. The summed E-state index contributed by atoms with van der Waals surface area (Å²) in [6.45, 7) is 1.91. The summed E-state index contributed by atoms with van der Waals surface area (Å²) in [5.41, 5.74) is 0.964. The van der Waals surface area contributed by atoms with Crippen LogP contribution in [0.25, 0.3) is 0 Å². The molecule has 2 aliphatic rings. The minimum absolute atomic E-state index is 0.123. The van der Waals surface area contributed by atoms with Crippen molar-refractivity contribution in [1.29, 1.82) is 0 Å². The number of halogens is 1. The first kappa shape index (κ1) is 16.2. The molecule has 0 aromatic heterocycles. The Balaban J connectivity index is 1.76. The zero-order valence-corrected chi connectivity index (χ0v) is 13.3. The van der Waals surface area contributed by atoms with Crippen molar-refractivity contribution < 1.29 is 19.4 Å². The van der Waals surface area contributed by atoms with Crippen LogP contribution in [0.1, 0.15) is 24.4 Å². The third-order valence-corrected chi connectivity index (χ3v) is 4.57.